The Morgan fingerprint density at radius 3 is 1.92 bits per heavy atom. The van der Waals surface area contributed by atoms with Crippen molar-refractivity contribution in [2.75, 3.05) is 6.54 Å². The van der Waals surface area contributed by atoms with E-state index in [1.807, 2.05) is 84.9 Å². The summed E-state index contributed by atoms with van der Waals surface area (Å²) < 4.78 is 16.4. The van der Waals surface area contributed by atoms with Crippen LogP contribution in [0.1, 0.15) is 37.5 Å². The van der Waals surface area contributed by atoms with Gasteiger partial charge in [-0.05, 0) is 49.6 Å². The minimum absolute atomic E-state index is 0.105. The molecule has 0 unspecified atom stereocenters. The van der Waals surface area contributed by atoms with Crippen LogP contribution < -0.4 is 15.4 Å². The predicted octanol–water partition coefficient (Wildman–Crippen LogP) is 4.56. The summed E-state index contributed by atoms with van der Waals surface area (Å²) in [6, 6.07) is 25.4. The topological polar surface area (TPSA) is 103 Å². The molecule has 0 heterocycles. The van der Waals surface area contributed by atoms with Gasteiger partial charge in [-0.15, -0.1) is 0 Å². The maximum Gasteiger partial charge on any atom is 0.408 e. The molecule has 0 saturated carbocycles. The molecule has 3 aromatic carbocycles. The zero-order chi connectivity index (χ0) is 27.4. The van der Waals surface area contributed by atoms with Crippen LogP contribution in [0.5, 0.6) is 5.75 Å². The second kappa shape index (κ2) is 13.8. The molecule has 0 saturated heterocycles. The molecular weight excluding hydrogens is 484 g/mol. The van der Waals surface area contributed by atoms with Crippen molar-refractivity contribution in [3.8, 4) is 5.75 Å². The number of carbonyl (C=O) groups is 3. The molecule has 0 spiro atoms. The van der Waals surface area contributed by atoms with Crippen LogP contribution >= 0.6 is 0 Å². The number of nitrogens with one attached hydrogen (secondary N) is 2. The van der Waals surface area contributed by atoms with Crippen LogP contribution in [-0.4, -0.2) is 36.2 Å². The quantitative estimate of drug-likeness (QED) is 0.361. The molecule has 0 aliphatic carbocycles. The van der Waals surface area contributed by atoms with Crippen molar-refractivity contribution in [1.29, 1.82) is 0 Å². The molecule has 0 aromatic heterocycles. The van der Waals surface area contributed by atoms with E-state index in [4.69, 9.17) is 14.2 Å². The van der Waals surface area contributed by atoms with Gasteiger partial charge in [0.25, 0.3) is 0 Å². The van der Waals surface area contributed by atoms with Crippen molar-refractivity contribution >= 4 is 18.0 Å². The Kier molecular flexibility index (Phi) is 10.3. The largest absolute Gasteiger partial charge is 0.489 e. The Bertz CT molecular complexity index is 1170. The normalized spacial score (nSPS) is 11.7. The lowest BCUT2D eigenvalue weighted by molar-refractivity contribution is -0.145. The van der Waals surface area contributed by atoms with Crippen LogP contribution in [0.3, 0.4) is 0 Å². The molecule has 3 aromatic rings. The molecule has 0 aliphatic heterocycles. The Hall–Kier alpha value is -4.33. The number of hydrogen-bond donors (Lipinski definition) is 2. The van der Waals surface area contributed by atoms with E-state index in [0.717, 1.165) is 16.7 Å². The summed E-state index contributed by atoms with van der Waals surface area (Å²) in [5, 5.41) is 5.16. The van der Waals surface area contributed by atoms with E-state index in [2.05, 4.69) is 10.6 Å². The highest BCUT2D eigenvalue weighted by atomic mass is 16.6. The fraction of sp³-hybridized carbons (Fsp3) is 0.300. The highest BCUT2D eigenvalue weighted by molar-refractivity contribution is 5.88. The first-order chi connectivity index (χ1) is 18.2. The minimum Gasteiger partial charge on any atom is -0.489 e. The molecule has 0 radical (unpaired) electrons. The summed E-state index contributed by atoms with van der Waals surface area (Å²) in [5.41, 5.74) is 1.95. The molecule has 1 atom stereocenters. The van der Waals surface area contributed by atoms with Gasteiger partial charge in [0.2, 0.25) is 5.91 Å². The standard InChI is InChI=1S/C30H34N2O6/c1-30(2,3)38-29(35)32-26(28(34)31-19-27(33)37-21-24-12-8-5-9-13-24)18-22-14-16-25(17-15-22)36-20-23-10-6-4-7-11-23/h4-17,26H,18-21H2,1-3H3,(H,31,34)(H,32,35)/t26-/m0/s1. The highest BCUT2D eigenvalue weighted by Crippen LogP contribution is 2.16. The van der Waals surface area contributed by atoms with Crippen molar-refractivity contribution in [3.63, 3.8) is 0 Å². The summed E-state index contributed by atoms with van der Waals surface area (Å²) in [5.74, 6) is -0.435. The predicted molar refractivity (Wildman–Crippen MR) is 143 cm³/mol. The van der Waals surface area contributed by atoms with Crippen LogP contribution in [0.4, 0.5) is 4.79 Å². The number of carbonyl (C=O) groups excluding carboxylic acids is 3. The molecule has 8 nitrogen and oxygen atoms in total. The van der Waals surface area contributed by atoms with E-state index in [0.29, 0.717) is 12.4 Å². The van der Waals surface area contributed by atoms with Gasteiger partial charge in [-0.3, -0.25) is 9.59 Å². The average Bonchev–Trinajstić information content (AvgIpc) is 2.90. The van der Waals surface area contributed by atoms with Gasteiger partial charge in [0.15, 0.2) is 0 Å². The van der Waals surface area contributed by atoms with Crippen molar-refractivity contribution in [3.05, 3.63) is 102 Å². The lowest BCUT2D eigenvalue weighted by Crippen LogP contribution is -2.50. The Morgan fingerprint density at radius 1 is 0.763 bits per heavy atom. The zero-order valence-electron chi connectivity index (χ0n) is 21.9. The van der Waals surface area contributed by atoms with Crippen LogP contribution in [-0.2, 0) is 38.7 Å². The summed E-state index contributed by atoms with van der Waals surface area (Å²) in [6.07, 6.45) is -0.546. The molecule has 3 rings (SSSR count). The molecule has 2 amide bonds. The average molecular weight is 519 g/mol. The van der Waals surface area contributed by atoms with Gasteiger partial charge in [0.05, 0.1) is 0 Å². The van der Waals surface area contributed by atoms with Crippen molar-refractivity contribution in [2.45, 2.75) is 52.0 Å². The molecule has 200 valence electrons. The van der Waals surface area contributed by atoms with Gasteiger partial charge in [-0.2, -0.15) is 0 Å². The summed E-state index contributed by atoms with van der Waals surface area (Å²) in [4.78, 5) is 37.5. The van der Waals surface area contributed by atoms with Gasteiger partial charge >= 0.3 is 12.1 Å². The van der Waals surface area contributed by atoms with Crippen molar-refractivity contribution < 1.29 is 28.6 Å². The van der Waals surface area contributed by atoms with E-state index in [1.54, 1.807) is 20.8 Å². The molecule has 2 N–H and O–H groups in total. The number of esters is 1. The van der Waals surface area contributed by atoms with Crippen LogP contribution in [0.25, 0.3) is 0 Å². The first-order valence-corrected chi connectivity index (χ1v) is 12.4. The van der Waals surface area contributed by atoms with E-state index < -0.39 is 29.6 Å². The second-order valence-corrected chi connectivity index (χ2v) is 9.69. The van der Waals surface area contributed by atoms with E-state index >= 15 is 0 Å². The smallest absolute Gasteiger partial charge is 0.408 e. The molecular formula is C30H34N2O6. The zero-order valence-corrected chi connectivity index (χ0v) is 21.9. The van der Waals surface area contributed by atoms with Gasteiger partial charge in [-0.1, -0.05) is 72.8 Å². The lowest BCUT2D eigenvalue weighted by Gasteiger charge is -2.23. The second-order valence-electron chi connectivity index (χ2n) is 9.69. The molecule has 0 fully saturated rings. The van der Waals surface area contributed by atoms with E-state index in [1.165, 1.54) is 0 Å². The van der Waals surface area contributed by atoms with Crippen molar-refractivity contribution in [2.24, 2.45) is 0 Å². The minimum atomic E-state index is -0.970. The molecule has 0 bridgehead atoms. The summed E-state index contributed by atoms with van der Waals surface area (Å²) in [6.45, 7) is 5.42. The third kappa shape index (κ3) is 10.3. The number of ether oxygens (including phenoxy) is 3. The maximum absolute atomic E-state index is 12.9. The van der Waals surface area contributed by atoms with Crippen molar-refractivity contribution in [1.82, 2.24) is 10.6 Å². The fourth-order valence-corrected chi connectivity index (χ4v) is 3.43. The van der Waals surface area contributed by atoms with E-state index in [9.17, 15) is 14.4 Å². The lowest BCUT2D eigenvalue weighted by atomic mass is 10.1. The first kappa shape index (κ1) is 28.2. The monoisotopic (exact) mass is 518 g/mol. The third-order valence-electron chi connectivity index (χ3n) is 5.27. The van der Waals surface area contributed by atoms with Crippen LogP contribution in [0, 0.1) is 0 Å². The Morgan fingerprint density at radius 2 is 1.34 bits per heavy atom. The van der Waals surface area contributed by atoms with Crippen LogP contribution in [0.15, 0.2) is 84.9 Å². The fourth-order valence-electron chi connectivity index (χ4n) is 3.43. The highest BCUT2D eigenvalue weighted by Gasteiger charge is 2.25. The summed E-state index contributed by atoms with van der Waals surface area (Å²) in [7, 11) is 0. The SMILES string of the molecule is CC(C)(C)OC(=O)N[C@@H](Cc1ccc(OCc2ccccc2)cc1)C(=O)NCC(=O)OCc1ccccc1. The Labute approximate surface area is 223 Å². The molecule has 0 aliphatic rings. The third-order valence-corrected chi connectivity index (χ3v) is 5.27. The number of hydrogen-bond acceptors (Lipinski definition) is 6. The van der Waals surface area contributed by atoms with Crippen LogP contribution in [0.2, 0.25) is 0 Å². The van der Waals surface area contributed by atoms with Gasteiger partial charge in [0.1, 0.15) is 37.2 Å². The first-order valence-electron chi connectivity index (χ1n) is 12.4. The number of alkyl carbamates (subject to hydrolysis) is 1. The van der Waals surface area contributed by atoms with Gasteiger partial charge in [0, 0.05) is 6.42 Å². The summed E-state index contributed by atoms with van der Waals surface area (Å²) >= 11 is 0. The number of rotatable bonds is 11. The molecule has 38 heavy (non-hydrogen) atoms. The maximum atomic E-state index is 12.9. The molecule has 8 heteroatoms. The van der Waals surface area contributed by atoms with Gasteiger partial charge in [-0.25, -0.2) is 4.79 Å². The number of amides is 2. The van der Waals surface area contributed by atoms with Gasteiger partial charge < -0.3 is 24.8 Å². The number of benzene rings is 3. The van der Waals surface area contributed by atoms with E-state index in [-0.39, 0.29) is 19.6 Å². The Balaban J connectivity index is 1.57.